The monoisotopic (exact) mass is 412 g/mol. The lowest BCUT2D eigenvalue weighted by Gasteiger charge is -2.32. The fourth-order valence-electron chi connectivity index (χ4n) is 3.78. The van der Waals surface area contributed by atoms with Crippen LogP contribution in [0.4, 0.5) is 11.8 Å². The van der Waals surface area contributed by atoms with Gasteiger partial charge in [-0.15, -0.1) is 0 Å². The van der Waals surface area contributed by atoms with Crippen LogP contribution in [-0.4, -0.2) is 66.6 Å². The van der Waals surface area contributed by atoms with Crippen LogP contribution in [0.2, 0.25) is 0 Å². The number of methoxy groups -OCH3 is 1. The molecule has 7 nitrogen and oxygen atoms in total. The average Bonchev–Trinajstić information content (AvgIpc) is 2.73. The second kappa shape index (κ2) is 10.6. The zero-order valence-electron chi connectivity index (χ0n) is 18.9. The van der Waals surface area contributed by atoms with Crippen LogP contribution in [0.1, 0.15) is 42.1 Å². The number of nitrogens with two attached hydrogens (primary N) is 1. The summed E-state index contributed by atoms with van der Waals surface area (Å²) in [5.41, 5.74) is 10.5. The molecule has 0 atom stereocenters. The first-order valence-electron chi connectivity index (χ1n) is 10.9. The lowest BCUT2D eigenvalue weighted by Crippen LogP contribution is -2.43. The molecule has 164 valence electrons. The number of piperazine rings is 1. The number of hydrogen-bond acceptors (Lipinski definition) is 7. The molecule has 0 aliphatic carbocycles. The molecule has 1 saturated heterocycles. The van der Waals surface area contributed by atoms with Crippen molar-refractivity contribution in [1.29, 1.82) is 0 Å². The minimum atomic E-state index is 0.532. The lowest BCUT2D eigenvalue weighted by atomic mass is 10.0. The number of benzene rings is 1. The number of aromatic nitrogens is 2. The van der Waals surface area contributed by atoms with Crippen molar-refractivity contribution >= 4 is 11.8 Å². The molecule has 0 amide bonds. The van der Waals surface area contributed by atoms with E-state index in [4.69, 9.17) is 10.5 Å². The first kappa shape index (κ1) is 22.3. The summed E-state index contributed by atoms with van der Waals surface area (Å²) in [5, 5.41) is 3.26. The summed E-state index contributed by atoms with van der Waals surface area (Å²) in [6.45, 7) is 10.4. The summed E-state index contributed by atoms with van der Waals surface area (Å²) in [6.07, 6.45) is 2.87. The number of nitrogens with zero attached hydrogens (tertiary/aromatic N) is 4. The zero-order valence-corrected chi connectivity index (χ0v) is 18.9. The second-order valence-electron chi connectivity index (χ2n) is 8.18. The van der Waals surface area contributed by atoms with Crippen molar-refractivity contribution in [3.8, 4) is 5.75 Å². The normalized spacial score (nSPS) is 15.3. The van der Waals surface area contributed by atoms with Gasteiger partial charge in [-0.3, -0.25) is 4.90 Å². The van der Waals surface area contributed by atoms with Crippen LogP contribution in [-0.2, 0) is 13.0 Å². The van der Waals surface area contributed by atoms with E-state index >= 15 is 0 Å². The molecule has 0 spiro atoms. The Morgan fingerprint density at radius 1 is 1.17 bits per heavy atom. The van der Waals surface area contributed by atoms with Gasteiger partial charge in [0.15, 0.2) is 0 Å². The van der Waals surface area contributed by atoms with Crippen LogP contribution >= 0.6 is 0 Å². The Morgan fingerprint density at radius 3 is 2.60 bits per heavy atom. The number of nitrogen functional groups attached to an aromatic ring is 1. The van der Waals surface area contributed by atoms with E-state index in [1.54, 1.807) is 7.11 Å². The third kappa shape index (κ3) is 5.83. The number of ether oxygens (including phenoxy) is 1. The maximum absolute atomic E-state index is 6.29. The molecule has 0 saturated carbocycles. The Hall–Kier alpha value is -2.38. The standard InChI is InChI=1S/C23H36N6O/c1-5-6-9-25-23-26-17(2)20(22(24)27-23)15-19-8-7-18(14-21(19)30-4)16-29-12-10-28(3)11-13-29/h7-8,14H,5-6,9-13,15-16H2,1-4H3,(H3,24,25,26,27). The Bertz CT molecular complexity index is 809. The molecule has 0 radical (unpaired) electrons. The number of likely N-dealkylation sites (N-methyl/N-ethyl adjacent to an activating group) is 1. The molecule has 1 aromatic heterocycles. The van der Waals surface area contributed by atoms with Crippen molar-refractivity contribution in [2.45, 2.75) is 39.7 Å². The van der Waals surface area contributed by atoms with Crippen LogP contribution in [0, 0.1) is 6.92 Å². The zero-order chi connectivity index (χ0) is 21.5. The Kier molecular flexibility index (Phi) is 7.87. The summed E-state index contributed by atoms with van der Waals surface area (Å²) in [4.78, 5) is 13.9. The van der Waals surface area contributed by atoms with Crippen molar-refractivity contribution < 1.29 is 4.74 Å². The first-order chi connectivity index (χ1) is 14.5. The maximum Gasteiger partial charge on any atom is 0.224 e. The van der Waals surface area contributed by atoms with Crippen LogP contribution in [0.5, 0.6) is 5.75 Å². The summed E-state index contributed by atoms with van der Waals surface area (Å²) in [6, 6.07) is 6.50. The minimum absolute atomic E-state index is 0.532. The molecule has 0 unspecified atom stereocenters. The Balaban J connectivity index is 1.71. The largest absolute Gasteiger partial charge is 0.496 e. The molecule has 3 rings (SSSR count). The maximum atomic E-state index is 6.29. The molecule has 1 aromatic carbocycles. The van der Waals surface area contributed by atoms with Gasteiger partial charge in [0.25, 0.3) is 0 Å². The van der Waals surface area contributed by atoms with Gasteiger partial charge in [-0.1, -0.05) is 25.5 Å². The third-order valence-electron chi connectivity index (χ3n) is 5.78. The van der Waals surface area contributed by atoms with Gasteiger partial charge in [0, 0.05) is 56.9 Å². The number of unbranched alkanes of at least 4 members (excludes halogenated alkanes) is 1. The van der Waals surface area contributed by atoms with Crippen molar-refractivity contribution in [3.63, 3.8) is 0 Å². The number of nitrogens with one attached hydrogen (secondary N) is 1. The first-order valence-corrected chi connectivity index (χ1v) is 10.9. The molecule has 0 bridgehead atoms. The van der Waals surface area contributed by atoms with Crippen molar-refractivity contribution in [3.05, 3.63) is 40.6 Å². The van der Waals surface area contributed by atoms with E-state index in [1.807, 2.05) is 6.92 Å². The van der Waals surface area contributed by atoms with Gasteiger partial charge in [-0.25, -0.2) is 4.98 Å². The van der Waals surface area contributed by atoms with Crippen LogP contribution in [0.3, 0.4) is 0 Å². The van der Waals surface area contributed by atoms with E-state index < -0.39 is 0 Å². The van der Waals surface area contributed by atoms with Gasteiger partial charge in [-0.2, -0.15) is 4.98 Å². The second-order valence-corrected chi connectivity index (χ2v) is 8.18. The SMILES string of the molecule is CCCCNc1nc(C)c(Cc2ccc(CN3CCN(C)CC3)cc2OC)c(N)n1. The van der Waals surface area contributed by atoms with Crippen molar-refractivity contribution in [1.82, 2.24) is 19.8 Å². The molecule has 3 N–H and O–H groups in total. The topological polar surface area (TPSA) is 79.5 Å². The molecular formula is C23H36N6O. The summed E-state index contributed by atoms with van der Waals surface area (Å²) in [7, 11) is 3.91. The van der Waals surface area contributed by atoms with Gasteiger partial charge in [0.1, 0.15) is 11.6 Å². The molecule has 2 aromatic rings. The molecule has 1 aliphatic heterocycles. The highest BCUT2D eigenvalue weighted by molar-refractivity contribution is 5.51. The molecule has 7 heteroatoms. The average molecular weight is 413 g/mol. The van der Waals surface area contributed by atoms with E-state index in [9.17, 15) is 0 Å². The van der Waals surface area contributed by atoms with E-state index in [1.165, 1.54) is 5.56 Å². The van der Waals surface area contributed by atoms with Gasteiger partial charge in [-0.05, 0) is 37.6 Å². The molecule has 1 fully saturated rings. The van der Waals surface area contributed by atoms with Crippen LogP contribution in [0.15, 0.2) is 18.2 Å². The molecule has 2 heterocycles. The van der Waals surface area contributed by atoms with Gasteiger partial charge in [0.05, 0.1) is 7.11 Å². The third-order valence-corrected chi connectivity index (χ3v) is 5.78. The molecule has 1 aliphatic rings. The van der Waals surface area contributed by atoms with Crippen molar-refractivity contribution in [2.75, 3.05) is 57.9 Å². The quantitative estimate of drug-likeness (QED) is 0.613. The number of aryl methyl sites for hydroxylation is 1. The van der Waals surface area contributed by atoms with E-state index in [0.29, 0.717) is 18.2 Å². The van der Waals surface area contributed by atoms with Crippen molar-refractivity contribution in [2.24, 2.45) is 0 Å². The summed E-state index contributed by atoms with van der Waals surface area (Å²) >= 11 is 0. The van der Waals surface area contributed by atoms with E-state index in [2.05, 4.69) is 57.3 Å². The predicted molar refractivity (Wildman–Crippen MR) is 123 cm³/mol. The Labute approximate surface area is 180 Å². The van der Waals surface area contributed by atoms with Crippen LogP contribution in [0.25, 0.3) is 0 Å². The predicted octanol–water partition coefficient (Wildman–Crippen LogP) is 2.93. The molecular weight excluding hydrogens is 376 g/mol. The number of hydrogen-bond donors (Lipinski definition) is 2. The van der Waals surface area contributed by atoms with Gasteiger partial charge >= 0.3 is 0 Å². The highest BCUT2D eigenvalue weighted by Crippen LogP contribution is 2.27. The molecule has 30 heavy (non-hydrogen) atoms. The van der Waals surface area contributed by atoms with E-state index in [0.717, 1.165) is 74.7 Å². The van der Waals surface area contributed by atoms with Gasteiger partial charge in [0.2, 0.25) is 5.95 Å². The number of rotatable bonds is 9. The van der Waals surface area contributed by atoms with Gasteiger partial charge < -0.3 is 20.7 Å². The highest BCUT2D eigenvalue weighted by atomic mass is 16.5. The Morgan fingerprint density at radius 2 is 1.93 bits per heavy atom. The summed E-state index contributed by atoms with van der Waals surface area (Å²) in [5.74, 6) is 2.03. The lowest BCUT2D eigenvalue weighted by molar-refractivity contribution is 0.148. The minimum Gasteiger partial charge on any atom is -0.496 e. The summed E-state index contributed by atoms with van der Waals surface area (Å²) < 4.78 is 5.71. The van der Waals surface area contributed by atoms with E-state index in [-0.39, 0.29) is 0 Å². The number of anilines is 2. The van der Waals surface area contributed by atoms with Crippen LogP contribution < -0.4 is 15.8 Å². The smallest absolute Gasteiger partial charge is 0.224 e. The fourth-order valence-corrected chi connectivity index (χ4v) is 3.78. The highest BCUT2D eigenvalue weighted by Gasteiger charge is 2.16. The fraction of sp³-hybridized carbons (Fsp3) is 0.565.